The average molecular weight is 364 g/mol. The molecule has 0 radical (unpaired) electrons. The molecule has 1 fully saturated rings. The molecule has 0 bridgehead atoms. The highest BCUT2D eigenvalue weighted by atomic mass is 16.6. The lowest BCUT2D eigenvalue weighted by Gasteiger charge is -2.26. The van der Waals surface area contributed by atoms with E-state index in [-0.39, 0.29) is 23.4 Å². The summed E-state index contributed by atoms with van der Waals surface area (Å²) in [5, 5.41) is 10.6. The van der Waals surface area contributed by atoms with Crippen molar-refractivity contribution in [3.05, 3.63) is 23.8 Å². The molecule has 26 heavy (non-hydrogen) atoms. The predicted octanol–water partition coefficient (Wildman–Crippen LogP) is 3.50. The lowest BCUT2D eigenvalue weighted by Crippen LogP contribution is -2.36. The first-order chi connectivity index (χ1) is 12.1. The molecule has 0 aromatic rings. The number of epoxide rings is 1. The normalized spacial score (nSPS) is 38.3. The standard InChI is InChI=1S/C21H32O5/c1-14-7-6-11-21(4)18(26-21)13-16(15(2)19(23)25-5)10-12-20(3,24)17(22)9-8-14/h7,16,18,24H,2,6,8-13H2,1,3-5H3/b14-7-/t16-,18-,20-,21+/m1/s1. The summed E-state index contributed by atoms with van der Waals surface area (Å²) in [6, 6.07) is 0. The Morgan fingerprint density at radius 3 is 2.69 bits per heavy atom. The van der Waals surface area contributed by atoms with Gasteiger partial charge in [-0.25, -0.2) is 4.79 Å². The van der Waals surface area contributed by atoms with Gasteiger partial charge in [0.15, 0.2) is 5.78 Å². The monoisotopic (exact) mass is 364 g/mol. The largest absolute Gasteiger partial charge is 0.466 e. The summed E-state index contributed by atoms with van der Waals surface area (Å²) in [5.74, 6) is -0.769. The zero-order chi connectivity index (χ0) is 19.5. The number of carbonyl (C=O) groups is 2. The molecule has 1 saturated heterocycles. The number of fused-ring (bicyclic) bond motifs is 1. The third-order valence-electron chi connectivity index (χ3n) is 5.93. The Balaban J connectivity index is 2.19. The van der Waals surface area contributed by atoms with Crippen molar-refractivity contribution < 1.29 is 24.2 Å². The first-order valence-corrected chi connectivity index (χ1v) is 9.45. The van der Waals surface area contributed by atoms with E-state index in [4.69, 9.17) is 9.47 Å². The van der Waals surface area contributed by atoms with Crippen LogP contribution >= 0.6 is 0 Å². The molecule has 2 rings (SSSR count). The summed E-state index contributed by atoms with van der Waals surface area (Å²) < 4.78 is 10.7. The number of methoxy groups -OCH3 is 1. The molecule has 1 N–H and O–H groups in total. The Labute approximate surface area is 156 Å². The van der Waals surface area contributed by atoms with Gasteiger partial charge in [-0.3, -0.25) is 4.79 Å². The number of ether oxygens (including phenoxy) is 2. The van der Waals surface area contributed by atoms with Crippen LogP contribution in [0.3, 0.4) is 0 Å². The van der Waals surface area contributed by atoms with Crippen LogP contribution in [-0.2, 0) is 19.1 Å². The molecule has 1 heterocycles. The number of aliphatic hydroxyl groups is 1. The van der Waals surface area contributed by atoms with Crippen molar-refractivity contribution >= 4 is 11.8 Å². The van der Waals surface area contributed by atoms with E-state index in [0.29, 0.717) is 37.7 Å². The lowest BCUT2D eigenvalue weighted by atomic mass is 9.82. The van der Waals surface area contributed by atoms with Crippen LogP contribution in [0.15, 0.2) is 23.8 Å². The van der Waals surface area contributed by atoms with Crippen molar-refractivity contribution in [2.24, 2.45) is 5.92 Å². The SMILES string of the molecule is C=C(C(=O)OC)[C@@H]1CC[C@@](C)(O)C(=O)CC/C(C)=C\CC[C@]2(C)O[C@@H]2C1. The maximum Gasteiger partial charge on any atom is 0.333 e. The molecule has 4 atom stereocenters. The molecular weight excluding hydrogens is 332 g/mol. The number of allylic oxidation sites excluding steroid dienone is 2. The number of hydrogen-bond acceptors (Lipinski definition) is 5. The Kier molecular flexibility index (Phi) is 6.46. The number of ketones is 1. The predicted molar refractivity (Wildman–Crippen MR) is 99.6 cm³/mol. The van der Waals surface area contributed by atoms with Gasteiger partial charge in [0, 0.05) is 12.0 Å². The third-order valence-corrected chi connectivity index (χ3v) is 5.93. The topological polar surface area (TPSA) is 76.1 Å². The van der Waals surface area contributed by atoms with Gasteiger partial charge in [0.05, 0.1) is 18.8 Å². The first kappa shape index (κ1) is 20.8. The van der Waals surface area contributed by atoms with Gasteiger partial charge in [0.25, 0.3) is 0 Å². The van der Waals surface area contributed by atoms with E-state index in [1.807, 2.05) is 6.92 Å². The summed E-state index contributed by atoms with van der Waals surface area (Å²) in [6.45, 7) is 9.59. The van der Waals surface area contributed by atoms with Crippen molar-refractivity contribution in [1.82, 2.24) is 0 Å². The fourth-order valence-electron chi connectivity index (χ4n) is 3.68. The van der Waals surface area contributed by atoms with E-state index in [1.165, 1.54) is 12.7 Å². The average Bonchev–Trinajstić information content (AvgIpc) is 3.23. The highest BCUT2D eigenvalue weighted by molar-refractivity contribution is 5.88. The lowest BCUT2D eigenvalue weighted by molar-refractivity contribution is -0.137. The minimum Gasteiger partial charge on any atom is -0.466 e. The Hall–Kier alpha value is -1.46. The van der Waals surface area contributed by atoms with Crippen LogP contribution in [-0.4, -0.2) is 41.3 Å². The fourth-order valence-corrected chi connectivity index (χ4v) is 3.68. The second-order valence-electron chi connectivity index (χ2n) is 8.19. The van der Waals surface area contributed by atoms with Crippen LogP contribution in [0.5, 0.6) is 0 Å². The van der Waals surface area contributed by atoms with Crippen LogP contribution in [0.1, 0.15) is 65.7 Å². The van der Waals surface area contributed by atoms with Gasteiger partial charge in [0.2, 0.25) is 0 Å². The van der Waals surface area contributed by atoms with Crippen LogP contribution in [0.2, 0.25) is 0 Å². The molecule has 2 aliphatic rings. The minimum absolute atomic E-state index is 0.0613. The second kappa shape index (κ2) is 8.05. The first-order valence-electron chi connectivity index (χ1n) is 9.45. The summed E-state index contributed by atoms with van der Waals surface area (Å²) >= 11 is 0. The van der Waals surface area contributed by atoms with Gasteiger partial charge in [0.1, 0.15) is 5.60 Å². The molecule has 0 aromatic heterocycles. The van der Waals surface area contributed by atoms with Crippen LogP contribution < -0.4 is 0 Å². The number of rotatable bonds is 2. The van der Waals surface area contributed by atoms with Crippen LogP contribution in [0.4, 0.5) is 0 Å². The Bertz CT molecular complexity index is 604. The Morgan fingerprint density at radius 2 is 2.04 bits per heavy atom. The maximum atomic E-state index is 12.4. The molecule has 0 saturated carbocycles. The van der Waals surface area contributed by atoms with E-state index in [9.17, 15) is 14.7 Å². The number of Topliss-reactive ketones (excluding diaryl/α,β-unsaturated/α-hetero) is 1. The fraction of sp³-hybridized carbons (Fsp3) is 0.714. The zero-order valence-corrected chi connectivity index (χ0v) is 16.5. The quantitative estimate of drug-likeness (QED) is 0.351. The van der Waals surface area contributed by atoms with Crippen molar-refractivity contribution in [1.29, 1.82) is 0 Å². The molecule has 146 valence electrons. The molecule has 5 nitrogen and oxygen atoms in total. The van der Waals surface area contributed by atoms with E-state index in [2.05, 4.69) is 19.6 Å². The zero-order valence-electron chi connectivity index (χ0n) is 16.5. The summed E-state index contributed by atoms with van der Waals surface area (Å²) in [7, 11) is 1.34. The van der Waals surface area contributed by atoms with E-state index >= 15 is 0 Å². The number of esters is 1. The van der Waals surface area contributed by atoms with Gasteiger partial charge >= 0.3 is 5.97 Å². The molecule has 0 unspecified atom stereocenters. The molecule has 0 amide bonds. The van der Waals surface area contributed by atoms with Crippen LogP contribution in [0.25, 0.3) is 0 Å². The van der Waals surface area contributed by atoms with Crippen molar-refractivity contribution in [2.75, 3.05) is 7.11 Å². The maximum absolute atomic E-state index is 12.4. The van der Waals surface area contributed by atoms with Crippen molar-refractivity contribution in [2.45, 2.75) is 83.0 Å². The summed E-state index contributed by atoms with van der Waals surface area (Å²) in [4.78, 5) is 24.4. The van der Waals surface area contributed by atoms with E-state index < -0.39 is 11.6 Å². The molecular formula is C21H32O5. The smallest absolute Gasteiger partial charge is 0.333 e. The summed E-state index contributed by atoms with van der Waals surface area (Å²) in [6.07, 6.45) is 6.45. The molecule has 0 spiro atoms. The summed E-state index contributed by atoms with van der Waals surface area (Å²) in [5.41, 5.74) is -0.0129. The van der Waals surface area contributed by atoms with Crippen molar-refractivity contribution in [3.63, 3.8) is 0 Å². The minimum atomic E-state index is -1.40. The van der Waals surface area contributed by atoms with Gasteiger partial charge in [-0.15, -0.1) is 0 Å². The highest BCUT2D eigenvalue weighted by Crippen LogP contribution is 2.46. The van der Waals surface area contributed by atoms with E-state index in [1.54, 1.807) is 6.92 Å². The Morgan fingerprint density at radius 1 is 1.35 bits per heavy atom. The van der Waals surface area contributed by atoms with Gasteiger partial charge in [-0.1, -0.05) is 18.2 Å². The van der Waals surface area contributed by atoms with Crippen molar-refractivity contribution in [3.8, 4) is 0 Å². The van der Waals surface area contributed by atoms with Gasteiger partial charge in [-0.2, -0.15) is 0 Å². The molecule has 1 aliphatic heterocycles. The van der Waals surface area contributed by atoms with Crippen LogP contribution in [0, 0.1) is 5.92 Å². The third kappa shape index (κ3) is 5.04. The molecule has 5 heteroatoms. The molecule has 1 aliphatic carbocycles. The van der Waals surface area contributed by atoms with E-state index in [0.717, 1.165) is 12.8 Å². The van der Waals surface area contributed by atoms with Gasteiger partial charge in [-0.05, 0) is 65.2 Å². The number of carbonyl (C=O) groups excluding carboxylic acids is 2. The van der Waals surface area contributed by atoms with Gasteiger partial charge < -0.3 is 14.6 Å². The highest BCUT2D eigenvalue weighted by Gasteiger charge is 2.52. The second-order valence-corrected chi connectivity index (χ2v) is 8.19. The molecule has 0 aromatic carbocycles. The number of hydrogen-bond donors (Lipinski definition) is 1.